The van der Waals surface area contributed by atoms with Crippen LogP contribution in [-0.4, -0.2) is 80.5 Å². The van der Waals surface area contributed by atoms with E-state index in [2.05, 4.69) is 17.0 Å². The number of phosphoric ester groups is 1. The minimum absolute atomic E-state index is 0.127. The van der Waals surface area contributed by atoms with Crippen molar-refractivity contribution < 1.29 is 42.9 Å². The number of aliphatic hydroxyl groups is 2. The number of ether oxygens (including phenoxy) is 3. The molecule has 6 atom stereocenters. The number of phosphoric acid groups is 1. The van der Waals surface area contributed by atoms with E-state index in [1.165, 1.54) is 94.3 Å². The molecule has 1 aliphatic rings. The van der Waals surface area contributed by atoms with Crippen molar-refractivity contribution >= 4 is 24.9 Å². The van der Waals surface area contributed by atoms with Crippen molar-refractivity contribution in [2.75, 3.05) is 26.4 Å². The van der Waals surface area contributed by atoms with E-state index in [1.54, 1.807) is 31.2 Å². The highest BCUT2D eigenvalue weighted by Crippen LogP contribution is 2.46. The highest BCUT2D eigenvalue weighted by Gasteiger charge is 2.58. The molecule has 0 aliphatic carbocycles. The topological polar surface area (TPSA) is 178 Å². The third-order valence-corrected chi connectivity index (χ3v) is 11.5. The number of hydrogen-bond acceptors (Lipinski definition) is 11. The largest absolute Gasteiger partial charge is 0.472 e. The van der Waals surface area contributed by atoms with Gasteiger partial charge in [0.25, 0.3) is 0 Å². The molecule has 13 nitrogen and oxygen atoms in total. The fourth-order valence-corrected chi connectivity index (χ4v) is 7.83. The lowest BCUT2D eigenvalue weighted by Gasteiger charge is -2.24. The molecule has 3 aromatic rings. The number of aryl methyl sites for hydroxylation is 1. The van der Waals surface area contributed by atoms with Gasteiger partial charge in [-0.1, -0.05) is 127 Å². The Morgan fingerprint density at radius 2 is 1.52 bits per heavy atom. The van der Waals surface area contributed by atoms with Gasteiger partial charge in [0.15, 0.2) is 0 Å². The van der Waals surface area contributed by atoms with Gasteiger partial charge in [0, 0.05) is 11.6 Å². The van der Waals surface area contributed by atoms with Crippen LogP contribution in [0.2, 0.25) is 5.02 Å². The average Bonchev–Trinajstić information content (AvgIpc) is 3.74. The van der Waals surface area contributed by atoms with Crippen molar-refractivity contribution in [3.05, 3.63) is 64.7 Å². The fourth-order valence-electron chi connectivity index (χ4n) is 6.94. The first-order chi connectivity index (χ1) is 27.1. The second kappa shape index (κ2) is 24.5. The third kappa shape index (κ3) is 14.4. The Bertz CT molecular complexity index is 1660. The van der Waals surface area contributed by atoms with Gasteiger partial charge in [-0.3, -0.25) is 9.05 Å². The molecule has 1 fully saturated rings. The zero-order valence-corrected chi connectivity index (χ0v) is 34.8. The van der Waals surface area contributed by atoms with Crippen LogP contribution in [0.15, 0.2) is 42.7 Å². The molecular weight excluding hydrogens is 759 g/mol. The molecule has 0 saturated carbocycles. The molecule has 2 aromatic heterocycles. The summed E-state index contributed by atoms with van der Waals surface area (Å²) in [5.74, 6) is 0. The molecule has 4 rings (SSSR count). The smallest absolute Gasteiger partial charge is 0.387 e. The van der Waals surface area contributed by atoms with Crippen LogP contribution in [0.4, 0.5) is 0 Å². The van der Waals surface area contributed by atoms with Gasteiger partial charge in [-0.2, -0.15) is 10.4 Å². The Labute approximate surface area is 337 Å². The Hall–Kier alpha value is -2.47. The third-order valence-electron chi connectivity index (χ3n) is 10.3. The normalized spacial score (nSPS) is 21.3. The van der Waals surface area contributed by atoms with Crippen LogP contribution in [0.25, 0.3) is 5.52 Å². The number of halogens is 1. The van der Waals surface area contributed by atoms with Crippen LogP contribution in [0, 0.1) is 18.3 Å². The van der Waals surface area contributed by atoms with E-state index >= 15 is 0 Å². The number of aliphatic hydroxyl groups excluding tert-OH is 2. The zero-order chi connectivity index (χ0) is 40.2. The Balaban J connectivity index is 1.17. The van der Waals surface area contributed by atoms with Crippen molar-refractivity contribution in [3.63, 3.8) is 0 Å². The van der Waals surface area contributed by atoms with Crippen LogP contribution in [0.5, 0.6) is 0 Å². The zero-order valence-electron chi connectivity index (χ0n) is 33.1. The van der Waals surface area contributed by atoms with Crippen molar-refractivity contribution in [1.29, 1.82) is 5.26 Å². The summed E-state index contributed by atoms with van der Waals surface area (Å²) in [4.78, 5) is 14.7. The van der Waals surface area contributed by atoms with E-state index in [-0.39, 0.29) is 25.5 Å². The van der Waals surface area contributed by atoms with Gasteiger partial charge >= 0.3 is 7.82 Å². The Kier molecular flexibility index (Phi) is 20.2. The van der Waals surface area contributed by atoms with Crippen molar-refractivity contribution in [3.8, 4) is 6.07 Å². The number of nitrogens with zero attached hydrogens (tertiary/aromatic N) is 4. The summed E-state index contributed by atoms with van der Waals surface area (Å²) in [6, 6.07) is 12.3. The van der Waals surface area contributed by atoms with Crippen molar-refractivity contribution in [2.24, 2.45) is 0 Å². The van der Waals surface area contributed by atoms with E-state index < -0.39 is 44.4 Å². The van der Waals surface area contributed by atoms with Crippen LogP contribution in [0.3, 0.4) is 0 Å². The van der Waals surface area contributed by atoms with E-state index in [4.69, 9.17) is 34.9 Å². The van der Waals surface area contributed by atoms with Crippen LogP contribution < -0.4 is 0 Å². The number of rotatable bonds is 29. The number of fused-ring (bicyclic) bond motifs is 1. The summed E-state index contributed by atoms with van der Waals surface area (Å²) in [7, 11) is -4.72. The van der Waals surface area contributed by atoms with Gasteiger partial charge in [0.2, 0.25) is 5.60 Å². The lowest BCUT2D eigenvalue weighted by atomic mass is 9.92. The number of hydrogen-bond donors (Lipinski definition) is 3. The molecule has 1 aliphatic heterocycles. The minimum Gasteiger partial charge on any atom is -0.387 e. The summed E-state index contributed by atoms with van der Waals surface area (Å²) >= 11 is 6.02. The van der Waals surface area contributed by atoms with Gasteiger partial charge < -0.3 is 29.3 Å². The minimum atomic E-state index is -4.72. The quantitative estimate of drug-likeness (QED) is 0.0450. The fraction of sp³-hybridized carbons (Fsp3) is 0.683. The molecule has 312 valence electrons. The van der Waals surface area contributed by atoms with Gasteiger partial charge in [-0.15, -0.1) is 0 Å². The maximum Gasteiger partial charge on any atom is 0.472 e. The first-order valence-electron chi connectivity index (χ1n) is 20.4. The molecule has 15 heteroatoms. The Morgan fingerprint density at radius 3 is 2.12 bits per heavy atom. The predicted molar refractivity (Wildman–Crippen MR) is 214 cm³/mol. The molecule has 1 unspecified atom stereocenters. The Morgan fingerprint density at radius 1 is 0.911 bits per heavy atom. The summed E-state index contributed by atoms with van der Waals surface area (Å²) in [6.45, 7) is 3.89. The van der Waals surface area contributed by atoms with Crippen LogP contribution in [-0.2, 0) is 40.0 Å². The maximum absolute atomic E-state index is 13.0. The van der Waals surface area contributed by atoms with Crippen molar-refractivity contribution in [1.82, 2.24) is 14.6 Å². The van der Waals surface area contributed by atoms with Crippen LogP contribution >= 0.6 is 19.4 Å². The standard InChI is InChI=1S/C41H62ClN4O9P/c1-3-4-5-6-7-8-9-10-11-12-13-14-15-16-17-18-25-51-27-35(52-26-33-19-21-34(42)22-20-33)28-53-56(49,50)54-29-37-39(47)40(48)41(30-43,55-37)38-24-23-36-32(2)44-31-45-46(36)38/h19-24,31,35,37,39-40,47-48H,3-18,25-29H2,1-2H3,(H,49,50)/t35-,37-,39-,40-,41+/m1/s1. The molecule has 0 radical (unpaired) electrons. The summed E-state index contributed by atoms with van der Waals surface area (Å²) in [5.41, 5.74) is 0.192. The van der Waals surface area contributed by atoms with Gasteiger partial charge in [-0.05, 0) is 43.2 Å². The van der Waals surface area contributed by atoms with E-state index in [0.29, 0.717) is 22.8 Å². The summed E-state index contributed by atoms with van der Waals surface area (Å²) in [5, 5.41) is 36.7. The SMILES string of the molecule is CCCCCCCCCCCCCCCCCCOC[C@H](COP(=O)(O)OC[C@H]1O[C@@](C#N)(c2ccc3c(C)ncnn23)[C@H](O)[C@@H]1O)OCc1ccc(Cl)cc1. The number of nitriles is 1. The van der Waals surface area contributed by atoms with E-state index in [0.717, 1.165) is 24.8 Å². The highest BCUT2D eigenvalue weighted by atomic mass is 35.5. The predicted octanol–water partition coefficient (Wildman–Crippen LogP) is 8.53. The molecular formula is C41H62ClN4O9P. The lowest BCUT2D eigenvalue weighted by Crippen LogP contribution is -2.41. The number of unbranched alkanes of at least 4 members (excludes halogenated alkanes) is 15. The molecule has 0 spiro atoms. The van der Waals surface area contributed by atoms with E-state index in [1.807, 2.05) is 18.2 Å². The average molecular weight is 821 g/mol. The number of benzene rings is 1. The molecule has 1 saturated heterocycles. The van der Waals surface area contributed by atoms with Gasteiger partial charge in [0.05, 0.1) is 43.3 Å². The lowest BCUT2D eigenvalue weighted by molar-refractivity contribution is -0.0690. The first-order valence-corrected chi connectivity index (χ1v) is 22.3. The maximum atomic E-state index is 13.0. The second-order valence-electron chi connectivity index (χ2n) is 14.8. The van der Waals surface area contributed by atoms with Crippen LogP contribution in [0.1, 0.15) is 127 Å². The monoisotopic (exact) mass is 820 g/mol. The summed E-state index contributed by atoms with van der Waals surface area (Å²) in [6.07, 6.45) is 16.5. The number of aromatic nitrogens is 3. The molecule has 56 heavy (non-hydrogen) atoms. The van der Waals surface area contributed by atoms with Crippen molar-refractivity contribution in [2.45, 2.75) is 153 Å². The molecule has 3 N–H and O–H groups in total. The molecule has 3 heterocycles. The first kappa shape index (κ1) is 46.2. The highest BCUT2D eigenvalue weighted by molar-refractivity contribution is 7.47. The second-order valence-corrected chi connectivity index (χ2v) is 16.7. The molecule has 1 aromatic carbocycles. The molecule has 0 bridgehead atoms. The van der Waals surface area contributed by atoms with Gasteiger partial charge in [-0.25, -0.2) is 14.1 Å². The van der Waals surface area contributed by atoms with E-state index in [9.17, 15) is 24.9 Å². The van der Waals surface area contributed by atoms with Gasteiger partial charge in [0.1, 0.15) is 36.8 Å². The summed E-state index contributed by atoms with van der Waals surface area (Å²) < 4.78 is 42.7. The molecule has 0 amide bonds.